The van der Waals surface area contributed by atoms with Gasteiger partial charge in [0.2, 0.25) is 0 Å². The summed E-state index contributed by atoms with van der Waals surface area (Å²) in [6, 6.07) is 0.308. The van der Waals surface area contributed by atoms with E-state index in [1.807, 2.05) is 6.92 Å². The number of aryl methyl sites for hydroxylation is 2. The van der Waals surface area contributed by atoms with E-state index in [-0.39, 0.29) is 17.8 Å². The number of likely N-dealkylation sites (tertiary alicyclic amines) is 1. The molecule has 19 heavy (non-hydrogen) atoms. The Balaban J connectivity index is 0.00000180. The second kappa shape index (κ2) is 6.25. The first-order valence-corrected chi connectivity index (χ1v) is 6.86. The lowest BCUT2D eigenvalue weighted by Crippen LogP contribution is -2.52. The van der Waals surface area contributed by atoms with E-state index in [1.165, 1.54) is 5.56 Å². The molecule has 0 aliphatic carbocycles. The average Bonchev–Trinajstić information content (AvgIpc) is 2.65. The minimum Gasteiger partial charge on any atom is -0.361 e. The molecule has 1 atom stereocenters. The molecule has 1 aromatic rings. The van der Waals surface area contributed by atoms with Gasteiger partial charge in [-0.3, -0.25) is 4.90 Å². The van der Waals surface area contributed by atoms with E-state index in [4.69, 9.17) is 10.3 Å². The van der Waals surface area contributed by atoms with Gasteiger partial charge < -0.3 is 10.3 Å². The van der Waals surface area contributed by atoms with Crippen molar-refractivity contribution in [3.63, 3.8) is 0 Å². The Labute approximate surface area is 122 Å². The molecule has 0 saturated carbocycles. The molecule has 110 valence electrons. The number of piperidine rings is 1. The molecule has 1 aromatic heterocycles. The molecule has 2 heterocycles. The molecule has 0 aromatic carbocycles. The Morgan fingerprint density at radius 3 is 2.74 bits per heavy atom. The van der Waals surface area contributed by atoms with Crippen molar-refractivity contribution >= 4 is 12.4 Å². The van der Waals surface area contributed by atoms with E-state index < -0.39 is 0 Å². The van der Waals surface area contributed by atoms with Gasteiger partial charge in [-0.15, -0.1) is 12.4 Å². The maximum atomic E-state index is 6.18. The fourth-order valence-electron chi connectivity index (χ4n) is 2.76. The molecule has 1 saturated heterocycles. The Morgan fingerprint density at radius 1 is 1.47 bits per heavy atom. The highest BCUT2D eigenvalue weighted by Crippen LogP contribution is 2.29. The van der Waals surface area contributed by atoms with Gasteiger partial charge in [-0.05, 0) is 25.2 Å². The van der Waals surface area contributed by atoms with Gasteiger partial charge in [-0.25, -0.2) is 0 Å². The maximum absolute atomic E-state index is 6.18. The summed E-state index contributed by atoms with van der Waals surface area (Å²) in [7, 11) is 0. The van der Waals surface area contributed by atoms with Crippen molar-refractivity contribution in [2.45, 2.75) is 53.1 Å². The van der Waals surface area contributed by atoms with Gasteiger partial charge in [0.1, 0.15) is 5.76 Å². The Bertz CT molecular complexity index is 417. The number of nitrogens with zero attached hydrogens (tertiary/aromatic N) is 2. The normalized spacial score (nSPS) is 23.1. The molecule has 0 bridgehead atoms. The molecule has 0 radical (unpaired) electrons. The first kappa shape index (κ1) is 16.5. The molecule has 5 heteroatoms. The second-order valence-electron chi connectivity index (χ2n) is 6.11. The summed E-state index contributed by atoms with van der Waals surface area (Å²) in [6.45, 7) is 11.7. The van der Waals surface area contributed by atoms with E-state index in [2.05, 4.69) is 30.8 Å². The summed E-state index contributed by atoms with van der Waals surface area (Å²) in [5, 5.41) is 4.12. The summed E-state index contributed by atoms with van der Waals surface area (Å²) < 4.78 is 5.30. The molecule has 1 aliphatic rings. The zero-order chi connectivity index (χ0) is 13.3. The molecule has 1 unspecified atom stereocenters. The van der Waals surface area contributed by atoms with Crippen LogP contribution in [0.4, 0.5) is 0 Å². The quantitative estimate of drug-likeness (QED) is 0.928. The van der Waals surface area contributed by atoms with Crippen molar-refractivity contribution in [2.24, 2.45) is 11.1 Å². The van der Waals surface area contributed by atoms with Gasteiger partial charge in [0.25, 0.3) is 0 Å². The molecule has 0 amide bonds. The van der Waals surface area contributed by atoms with E-state index in [9.17, 15) is 0 Å². The van der Waals surface area contributed by atoms with Gasteiger partial charge in [-0.2, -0.15) is 0 Å². The molecular weight excluding hydrogens is 262 g/mol. The Hall–Kier alpha value is -0.580. The predicted octanol–water partition coefficient (Wildman–Crippen LogP) is 2.53. The number of nitrogens with two attached hydrogens (primary N) is 1. The van der Waals surface area contributed by atoms with Crippen LogP contribution in [0, 0.1) is 12.3 Å². The predicted molar refractivity (Wildman–Crippen MR) is 79.5 cm³/mol. The summed E-state index contributed by atoms with van der Waals surface area (Å²) in [6.07, 6.45) is 2.00. The van der Waals surface area contributed by atoms with Crippen LogP contribution < -0.4 is 5.73 Å². The summed E-state index contributed by atoms with van der Waals surface area (Å²) in [5.74, 6) is 0.958. The number of hydrogen-bond acceptors (Lipinski definition) is 4. The van der Waals surface area contributed by atoms with Crippen LogP contribution in [-0.4, -0.2) is 29.2 Å². The van der Waals surface area contributed by atoms with Crippen LogP contribution in [0.5, 0.6) is 0 Å². The fraction of sp³-hybridized carbons (Fsp3) is 0.786. The van der Waals surface area contributed by atoms with Crippen LogP contribution in [0.15, 0.2) is 4.52 Å². The molecule has 2 N–H and O–H groups in total. The third kappa shape index (κ3) is 3.50. The summed E-state index contributed by atoms with van der Waals surface area (Å²) in [5.41, 5.74) is 8.73. The molecule has 4 nitrogen and oxygen atoms in total. The standard InChI is InChI=1S/C14H25N3O.ClH/c1-5-12-11(10(2)18-16-12)8-17-7-6-13(15)14(3,4)9-17;/h13H,5-9,15H2,1-4H3;1H. The lowest BCUT2D eigenvalue weighted by molar-refractivity contribution is 0.0893. The van der Waals surface area contributed by atoms with Gasteiger partial charge in [0.05, 0.1) is 5.69 Å². The van der Waals surface area contributed by atoms with Gasteiger partial charge in [0, 0.05) is 31.2 Å². The molecule has 0 spiro atoms. The van der Waals surface area contributed by atoms with Crippen LogP contribution in [0.25, 0.3) is 0 Å². The lowest BCUT2D eigenvalue weighted by Gasteiger charge is -2.42. The molecule has 1 fully saturated rings. The average molecular weight is 288 g/mol. The zero-order valence-corrected chi connectivity index (χ0v) is 13.2. The first-order chi connectivity index (χ1) is 8.44. The lowest BCUT2D eigenvalue weighted by atomic mass is 9.79. The van der Waals surface area contributed by atoms with Gasteiger partial charge in [0.15, 0.2) is 0 Å². The highest BCUT2D eigenvalue weighted by atomic mass is 35.5. The van der Waals surface area contributed by atoms with Crippen molar-refractivity contribution in [2.75, 3.05) is 13.1 Å². The monoisotopic (exact) mass is 287 g/mol. The molecular formula is C14H26ClN3O. The van der Waals surface area contributed by atoms with Crippen LogP contribution in [-0.2, 0) is 13.0 Å². The van der Waals surface area contributed by atoms with Crippen LogP contribution in [0.3, 0.4) is 0 Å². The Morgan fingerprint density at radius 2 is 2.16 bits per heavy atom. The second-order valence-corrected chi connectivity index (χ2v) is 6.11. The van der Waals surface area contributed by atoms with Gasteiger partial charge in [-0.1, -0.05) is 25.9 Å². The van der Waals surface area contributed by atoms with Gasteiger partial charge >= 0.3 is 0 Å². The van der Waals surface area contributed by atoms with E-state index >= 15 is 0 Å². The van der Waals surface area contributed by atoms with Crippen molar-refractivity contribution in [1.82, 2.24) is 10.1 Å². The van der Waals surface area contributed by atoms with E-state index in [0.717, 1.165) is 43.9 Å². The maximum Gasteiger partial charge on any atom is 0.138 e. The molecule has 1 aliphatic heterocycles. The highest BCUT2D eigenvalue weighted by Gasteiger charge is 2.33. The minimum absolute atomic E-state index is 0. The van der Waals surface area contributed by atoms with Crippen molar-refractivity contribution < 1.29 is 4.52 Å². The number of rotatable bonds is 3. The van der Waals surface area contributed by atoms with Crippen LogP contribution in [0.1, 0.15) is 44.2 Å². The smallest absolute Gasteiger partial charge is 0.138 e. The van der Waals surface area contributed by atoms with Crippen molar-refractivity contribution in [3.05, 3.63) is 17.0 Å². The third-order valence-electron chi connectivity index (χ3n) is 4.17. The topological polar surface area (TPSA) is 55.3 Å². The first-order valence-electron chi connectivity index (χ1n) is 6.86. The SMILES string of the molecule is CCc1noc(C)c1CN1CCC(N)C(C)(C)C1.Cl. The number of hydrogen-bond donors (Lipinski definition) is 1. The number of aromatic nitrogens is 1. The number of halogens is 1. The Kier molecular flexibility index (Phi) is 5.42. The van der Waals surface area contributed by atoms with Crippen LogP contribution in [0.2, 0.25) is 0 Å². The fourth-order valence-corrected chi connectivity index (χ4v) is 2.76. The van der Waals surface area contributed by atoms with Crippen molar-refractivity contribution in [1.29, 1.82) is 0 Å². The highest BCUT2D eigenvalue weighted by molar-refractivity contribution is 5.85. The van der Waals surface area contributed by atoms with Crippen molar-refractivity contribution in [3.8, 4) is 0 Å². The minimum atomic E-state index is 0. The largest absolute Gasteiger partial charge is 0.361 e. The van der Waals surface area contributed by atoms with E-state index in [0.29, 0.717) is 6.04 Å². The van der Waals surface area contributed by atoms with Crippen LogP contribution >= 0.6 is 12.4 Å². The molecule has 2 rings (SSSR count). The summed E-state index contributed by atoms with van der Waals surface area (Å²) in [4.78, 5) is 2.47. The summed E-state index contributed by atoms with van der Waals surface area (Å²) >= 11 is 0. The van der Waals surface area contributed by atoms with E-state index in [1.54, 1.807) is 0 Å². The third-order valence-corrected chi connectivity index (χ3v) is 4.17. The zero-order valence-electron chi connectivity index (χ0n) is 12.4.